The van der Waals surface area contributed by atoms with Crippen LogP contribution in [0.15, 0.2) is 35.3 Å². The molecule has 0 bridgehead atoms. The van der Waals surface area contributed by atoms with E-state index in [9.17, 15) is 18.4 Å². The van der Waals surface area contributed by atoms with Gasteiger partial charge in [0.15, 0.2) is 0 Å². The number of rotatable bonds is 19. The van der Waals surface area contributed by atoms with Gasteiger partial charge in [0.2, 0.25) is 6.23 Å². The van der Waals surface area contributed by atoms with Crippen molar-refractivity contribution in [3.63, 3.8) is 0 Å². The zero-order valence-electron chi connectivity index (χ0n) is 27.8. The summed E-state index contributed by atoms with van der Waals surface area (Å²) in [7, 11) is -1.72. The van der Waals surface area contributed by atoms with E-state index in [1.165, 1.54) is 83.1 Å². The summed E-state index contributed by atoms with van der Waals surface area (Å²) in [5.41, 5.74) is 6.34. The van der Waals surface area contributed by atoms with Crippen LogP contribution in [0.3, 0.4) is 0 Å². The molecule has 0 saturated carbocycles. The summed E-state index contributed by atoms with van der Waals surface area (Å²) >= 11 is 0. The van der Waals surface area contributed by atoms with E-state index in [1.54, 1.807) is 0 Å². The number of halogens is 2. The third kappa shape index (κ3) is 13.8. The van der Waals surface area contributed by atoms with Crippen LogP contribution in [-0.4, -0.2) is 39.3 Å². The second-order valence-electron chi connectivity index (χ2n) is 12.3. The lowest BCUT2D eigenvalue weighted by Crippen LogP contribution is -2.35. The van der Waals surface area contributed by atoms with Crippen LogP contribution in [0.2, 0.25) is 0 Å². The fourth-order valence-electron chi connectivity index (χ4n) is 5.56. The first-order valence-corrected chi connectivity index (χ1v) is 18.1. The number of fused-ring (bicyclic) bond motifs is 1. The van der Waals surface area contributed by atoms with E-state index in [2.05, 4.69) is 11.9 Å². The third-order valence-corrected chi connectivity index (χ3v) is 9.21. The SMILES string of the molecule is CCCCCCCCCCCCCCCCC(=O)O.Cc1cccc2c1OP(OCC1CC(F)(F)C(n3ccc(N)nc3=O)O1)OC2. The van der Waals surface area contributed by atoms with Gasteiger partial charge < -0.3 is 20.1 Å². The molecule has 0 aliphatic carbocycles. The van der Waals surface area contributed by atoms with Gasteiger partial charge in [-0.15, -0.1) is 0 Å². The Morgan fingerprint density at radius 2 is 1.66 bits per heavy atom. The Morgan fingerprint density at radius 3 is 2.26 bits per heavy atom. The number of anilines is 1. The molecule has 2 aliphatic rings. The van der Waals surface area contributed by atoms with Crippen molar-refractivity contribution in [2.24, 2.45) is 0 Å². The minimum Gasteiger partial charge on any atom is -0.481 e. The van der Waals surface area contributed by atoms with Gasteiger partial charge in [0.05, 0.1) is 19.3 Å². The quantitative estimate of drug-likeness (QED) is 0.110. The van der Waals surface area contributed by atoms with Gasteiger partial charge in [0.25, 0.3) is 5.92 Å². The first kappa shape index (κ1) is 38.8. The number of nitrogen functional groups attached to an aromatic ring is 1. The first-order chi connectivity index (χ1) is 22.6. The summed E-state index contributed by atoms with van der Waals surface area (Å²) in [6, 6.07) is 6.95. The zero-order valence-corrected chi connectivity index (χ0v) is 28.7. The van der Waals surface area contributed by atoms with Gasteiger partial charge >= 0.3 is 20.3 Å². The molecular weight excluding hydrogens is 631 g/mol. The average Bonchev–Trinajstić information content (AvgIpc) is 3.34. The summed E-state index contributed by atoms with van der Waals surface area (Å²) in [6.45, 7) is 4.33. The number of nitrogens with zero attached hydrogens (tertiary/aromatic N) is 2. The molecule has 1 saturated heterocycles. The highest BCUT2D eigenvalue weighted by Crippen LogP contribution is 2.49. The predicted octanol–water partition coefficient (Wildman–Crippen LogP) is 8.85. The molecule has 0 radical (unpaired) electrons. The Balaban J connectivity index is 0.000000279. The second kappa shape index (κ2) is 20.6. The van der Waals surface area contributed by atoms with Crippen LogP contribution in [0.4, 0.5) is 14.6 Å². The van der Waals surface area contributed by atoms with E-state index in [4.69, 9.17) is 29.1 Å². The number of nitrogens with two attached hydrogens (primary N) is 1. The molecule has 1 fully saturated rings. The lowest BCUT2D eigenvalue weighted by atomic mass is 10.0. The van der Waals surface area contributed by atoms with Gasteiger partial charge in [-0.2, -0.15) is 4.98 Å². The maximum Gasteiger partial charge on any atom is 0.397 e. The molecule has 1 aromatic heterocycles. The van der Waals surface area contributed by atoms with Gasteiger partial charge in [-0.25, -0.2) is 13.6 Å². The highest BCUT2D eigenvalue weighted by atomic mass is 31.2. The zero-order chi connectivity index (χ0) is 34.1. The Hall–Kier alpha value is -2.66. The Labute approximate surface area is 278 Å². The highest BCUT2D eigenvalue weighted by Gasteiger charge is 2.52. The van der Waals surface area contributed by atoms with Crippen molar-refractivity contribution >= 4 is 20.4 Å². The van der Waals surface area contributed by atoms with Gasteiger partial charge in [0, 0.05) is 24.6 Å². The van der Waals surface area contributed by atoms with Crippen LogP contribution >= 0.6 is 8.60 Å². The number of carbonyl (C=O) groups is 1. The van der Waals surface area contributed by atoms with Crippen molar-refractivity contribution in [3.05, 3.63) is 52.1 Å². The topological polar surface area (TPSA) is 135 Å². The van der Waals surface area contributed by atoms with E-state index in [1.807, 2.05) is 25.1 Å². The number of hydrogen-bond donors (Lipinski definition) is 2. The van der Waals surface area contributed by atoms with Gasteiger partial charge in [-0.1, -0.05) is 109 Å². The Morgan fingerprint density at radius 1 is 1.04 bits per heavy atom. The molecule has 3 atom stereocenters. The summed E-state index contributed by atoms with van der Waals surface area (Å²) in [6.07, 6.45) is 16.6. The number of aryl methyl sites for hydroxylation is 1. The van der Waals surface area contributed by atoms with Crippen LogP contribution in [0.5, 0.6) is 5.75 Å². The van der Waals surface area contributed by atoms with Gasteiger partial charge in [0.1, 0.15) is 11.6 Å². The maximum atomic E-state index is 14.4. The summed E-state index contributed by atoms with van der Waals surface area (Å²) in [5, 5.41) is 8.50. The number of benzene rings is 1. The molecule has 4 rings (SSSR count). The molecular formula is C34H52F2N3O7P. The van der Waals surface area contributed by atoms with E-state index < -0.39 is 44.9 Å². The van der Waals surface area contributed by atoms with E-state index in [-0.39, 0.29) is 12.4 Å². The number of aliphatic carboxylic acids is 1. The average molecular weight is 684 g/mol. The fraction of sp³-hybridized carbons (Fsp3) is 0.676. The van der Waals surface area contributed by atoms with Crippen LogP contribution in [0.25, 0.3) is 0 Å². The summed E-state index contributed by atoms with van der Waals surface area (Å²) in [4.78, 5) is 25.6. The molecule has 10 nitrogen and oxygen atoms in total. The third-order valence-electron chi connectivity index (χ3n) is 8.18. The fourth-order valence-corrected chi connectivity index (χ4v) is 6.69. The molecule has 264 valence electrons. The van der Waals surface area contributed by atoms with Crippen molar-refractivity contribution in [2.45, 2.75) is 141 Å². The van der Waals surface area contributed by atoms with Crippen molar-refractivity contribution in [1.29, 1.82) is 0 Å². The van der Waals surface area contributed by atoms with Crippen molar-refractivity contribution in [1.82, 2.24) is 9.55 Å². The summed E-state index contributed by atoms with van der Waals surface area (Å²) < 4.78 is 51.6. The molecule has 3 heterocycles. The number of aromatic nitrogens is 2. The van der Waals surface area contributed by atoms with E-state index in [0.29, 0.717) is 18.8 Å². The molecule has 3 N–H and O–H groups in total. The first-order valence-electron chi connectivity index (χ1n) is 17.0. The normalized spacial score (nSPS) is 19.8. The maximum absolute atomic E-state index is 14.4. The van der Waals surface area contributed by atoms with Crippen LogP contribution in [-0.2, 0) is 25.2 Å². The number of alkyl halides is 2. The number of para-hydroxylation sites is 1. The van der Waals surface area contributed by atoms with E-state index >= 15 is 0 Å². The van der Waals surface area contributed by atoms with Crippen LogP contribution < -0.4 is 15.9 Å². The smallest absolute Gasteiger partial charge is 0.397 e. The number of carboxylic acid groups (broad SMARTS) is 1. The number of unbranched alkanes of at least 4 members (excludes halogenated alkanes) is 13. The second-order valence-corrected chi connectivity index (χ2v) is 13.5. The molecule has 3 unspecified atom stereocenters. The summed E-state index contributed by atoms with van der Waals surface area (Å²) in [5.74, 6) is -3.28. The molecule has 1 aromatic carbocycles. The van der Waals surface area contributed by atoms with Crippen LogP contribution in [0.1, 0.15) is 127 Å². The highest BCUT2D eigenvalue weighted by molar-refractivity contribution is 7.42. The number of hydrogen-bond acceptors (Lipinski definition) is 8. The minimum atomic E-state index is -3.26. The lowest BCUT2D eigenvalue weighted by molar-refractivity contribution is -0.137. The van der Waals surface area contributed by atoms with Gasteiger partial charge in [-0.05, 0) is 25.0 Å². The van der Waals surface area contributed by atoms with Crippen LogP contribution in [0, 0.1) is 6.92 Å². The molecule has 2 aliphatic heterocycles. The molecule has 0 spiro atoms. The Bertz CT molecular complexity index is 1280. The standard InChI is InChI=1S/C17H18F2N3O5P.C17H34O2/c1-10-3-2-4-11-8-24-28(27-14(10)11)25-9-12-7-17(18,19)15(26-12)22-6-5-13(20)21-16(22)23;1-2-3-4-5-6-7-8-9-10-11-12-13-14-15-16-17(18)19/h2-6,12,15H,7-9H2,1H3,(H2,20,21,23);2-16H2,1H3,(H,18,19). The molecule has 47 heavy (non-hydrogen) atoms. The van der Waals surface area contributed by atoms with Crippen molar-refractivity contribution < 1.29 is 37.0 Å². The predicted molar refractivity (Wildman–Crippen MR) is 178 cm³/mol. The number of ether oxygens (including phenoxy) is 1. The molecule has 13 heteroatoms. The largest absolute Gasteiger partial charge is 0.481 e. The molecule has 2 aromatic rings. The minimum absolute atomic E-state index is 0.0487. The van der Waals surface area contributed by atoms with Crippen molar-refractivity contribution in [3.8, 4) is 5.75 Å². The Kier molecular flexibility index (Phi) is 17.0. The van der Waals surface area contributed by atoms with E-state index in [0.717, 1.165) is 34.7 Å². The monoisotopic (exact) mass is 683 g/mol. The lowest BCUT2D eigenvalue weighted by Gasteiger charge is -2.25. The van der Waals surface area contributed by atoms with Gasteiger partial charge in [-0.3, -0.25) is 18.4 Å². The number of carboxylic acids is 1. The molecule has 0 amide bonds. The van der Waals surface area contributed by atoms with Crippen molar-refractivity contribution in [2.75, 3.05) is 12.3 Å².